The molecule has 32 heavy (non-hydrogen) atoms. The van der Waals surface area contributed by atoms with Crippen LogP contribution in [-0.2, 0) is 11.3 Å². The minimum Gasteiger partial charge on any atom is -0.332 e. The number of fused-ring (bicyclic) bond motifs is 2. The van der Waals surface area contributed by atoms with Gasteiger partial charge in [0.05, 0.1) is 0 Å². The average Bonchev–Trinajstić information content (AvgIpc) is 3.03. The molecule has 0 radical (unpaired) electrons. The van der Waals surface area contributed by atoms with E-state index in [1.165, 1.54) is 31.2 Å². The van der Waals surface area contributed by atoms with Gasteiger partial charge in [-0.2, -0.15) is 0 Å². The summed E-state index contributed by atoms with van der Waals surface area (Å²) in [6.45, 7) is 12.9. The van der Waals surface area contributed by atoms with Crippen LogP contribution in [0.4, 0.5) is 5.95 Å². The molecular weight excluding hydrogens is 398 g/mol. The summed E-state index contributed by atoms with van der Waals surface area (Å²) >= 11 is 0. The molecular formula is C26H43N5O. The minimum absolute atomic E-state index is 0.177. The minimum atomic E-state index is 0.177. The maximum atomic E-state index is 12.3. The van der Waals surface area contributed by atoms with Gasteiger partial charge >= 0.3 is 0 Å². The molecule has 6 nitrogen and oxygen atoms in total. The highest BCUT2D eigenvalue weighted by atomic mass is 16.1. The standard InChI is InChI=1S/C26H43N5O/c1-18(2)25(32)22-8-6-20(7-9-22)14-29(5)15-21-12-27-26(28-13-21)31-23-10-11-24(31)17-30(16-23)19(3)4/h12-13,18-20,22-24H,6-11,14-17H2,1-5H3/t20-,22+,23?,24?. The Morgan fingerprint density at radius 3 is 2.12 bits per heavy atom. The van der Waals surface area contributed by atoms with Crippen molar-refractivity contribution in [2.45, 2.75) is 90.9 Å². The molecule has 178 valence electrons. The number of likely N-dealkylation sites (tertiary alicyclic amines) is 1. The fourth-order valence-electron chi connectivity index (χ4n) is 6.16. The number of ketones is 1. The van der Waals surface area contributed by atoms with Crippen LogP contribution in [0.2, 0.25) is 0 Å². The molecule has 0 spiro atoms. The normalized spacial score (nSPS) is 28.8. The van der Waals surface area contributed by atoms with E-state index in [4.69, 9.17) is 9.97 Å². The maximum Gasteiger partial charge on any atom is 0.225 e. The summed E-state index contributed by atoms with van der Waals surface area (Å²) in [5.41, 5.74) is 1.19. The van der Waals surface area contributed by atoms with E-state index in [2.05, 4.69) is 35.6 Å². The lowest BCUT2D eigenvalue weighted by Crippen LogP contribution is -2.56. The number of hydrogen-bond donors (Lipinski definition) is 0. The third kappa shape index (κ3) is 5.33. The first-order chi connectivity index (χ1) is 15.3. The quantitative estimate of drug-likeness (QED) is 0.608. The van der Waals surface area contributed by atoms with Crippen LogP contribution < -0.4 is 4.90 Å². The van der Waals surface area contributed by atoms with E-state index in [9.17, 15) is 4.79 Å². The Balaban J connectivity index is 1.26. The van der Waals surface area contributed by atoms with E-state index in [-0.39, 0.29) is 5.92 Å². The lowest BCUT2D eigenvalue weighted by molar-refractivity contribution is -0.127. The molecule has 2 bridgehead atoms. The Morgan fingerprint density at radius 1 is 1.00 bits per heavy atom. The molecule has 0 N–H and O–H groups in total. The molecule has 6 heteroatoms. The van der Waals surface area contributed by atoms with Crippen LogP contribution in [0.5, 0.6) is 0 Å². The highest BCUT2D eigenvalue weighted by Gasteiger charge is 2.41. The Labute approximate surface area is 194 Å². The molecule has 2 aliphatic heterocycles. The number of carbonyl (C=O) groups is 1. The van der Waals surface area contributed by atoms with Crippen molar-refractivity contribution >= 4 is 11.7 Å². The van der Waals surface area contributed by atoms with Gasteiger partial charge in [0, 0.05) is 74.1 Å². The third-order valence-corrected chi connectivity index (χ3v) is 8.00. The molecule has 4 rings (SSSR count). The van der Waals surface area contributed by atoms with Crippen LogP contribution in [0.25, 0.3) is 0 Å². The van der Waals surface area contributed by atoms with Crippen LogP contribution in [-0.4, -0.2) is 70.4 Å². The first-order valence-corrected chi connectivity index (χ1v) is 12.9. The summed E-state index contributed by atoms with van der Waals surface area (Å²) in [5.74, 6) is 2.56. The van der Waals surface area contributed by atoms with Crippen molar-refractivity contribution < 1.29 is 4.79 Å². The highest BCUT2D eigenvalue weighted by molar-refractivity contribution is 5.82. The van der Waals surface area contributed by atoms with Crippen LogP contribution in [0.1, 0.15) is 71.8 Å². The number of rotatable bonds is 8. The van der Waals surface area contributed by atoms with Crippen LogP contribution >= 0.6 is 0 Å². The first-order valence-electron chi connectivity index (χ1n) is 12.9. The van der Waals surface area contributed by atoms with Gasteiger partial charge in [0.25, 0.3) is 0 Å². The highest BCUT2D eigenvalue weighted by Crippen LogP contribution is 2.34. The second-order valence-corrected chi connectivity index (χ2v) is 11.2. The van der Waals surface area contributed by atoms with Gasteiger partial charge in [-0.15, -0.1) is 0 Å². The third-order valence-electron chi connectivity index (χ3n) is 8.00. The number of nitrogens with zero attached hydrogens (tertiary/aromatic N) is 5. The van der Waals surface area contributed by atoms with Gasteiger partial charge in [-0.3, -0.25) is 9.69 Å². The summed E-state index contributed by atoms with van der Waals surface area (Å²) < 4.78 is 0. The zero-order valence-electron chi connectivity index (χ0n) is 20.8. The van der Waals surface area contributed by atoms with E-state index in [1.54, 1.807) is 0 Å². The van der Waals surface area contributed by atoms with Crippen molar-refractivity contribution in [3.8, 4) is 0 Å². The number of Topliss-reactive ketones (excluding diaryl/α,β-unsaturated/α-hetero) is 1. The van der Waals surface area contributed by atoms with Gasteiger partial charge in [0.2, 0.25) is 5.95 Å². The summed E-state index contributed by atoms with van der Waals surface area (Å²) in [6.07, 6.45) is 11.1. The molecule has 0 aromatic carbocycles. The second-order valence-electron chi connectivity index (χ2n) is 11.2. The molecule has 1 saturated carbocycles. The van der Waals surface area contributed by atoms with Gasteiger partial charge in [0.1, 0.15) is 5.78 Å². The molecule has 2 atom stereocenters. The fourth-order valence-corrected chi connectivity index (χ4v) is 6.16. The van der Waals surface area contributed by atoms with Crippen molar-refractivity contribution in [3.05, 3.63) is 18.0 Å². The van der Waals surface area contributed by atoms with E-state index < -0.39 is 0 Å². The molecule has 1 aromatic heterocycles. The molecule has 3 fully saturated rings. The molecule has 1 aromatic rings. The monoisotopic (exact) mass is 441 g/mol. The first kappa shape index (κ1) is 23.6. The van der Waals surface area contributed by atoms with Crippen LogP contribution in [0.3, 0.4) is 0 Å². The summed E-state index contributed by atoms with van der Waals surface area (Å²) in [5, 5.41) is 0. The number of aromatic nitrogens is 2. The number of hydrogen-bond acceptors (Lipinski definition) is 6. The van der Waals surface area contributed by atoms with Crippen molar-refractivity contribution in [1.82, 2.24) is 19.8 Å². The zero-order chi connectivity index (χ0) is 22.8. The van der Waals surface area contributed by atoms with Gasteiger partial charge in [0.15, 0.2) is 0 Å². The summed E-state index contributed by atoms with van der Waals surface area (Å²) in [7, 11) is 2.20. The largest absolute Gasteiger partial charge is 0.332 e. The summed E-state index contributed by atoms with van der Waals surface area (Å²) in [4.78, 5) is 29.3. The Morgan fingerprint density at radius 2 is 1.59 bits per heavy atom. The van der Waals surface area contributed by atoms with E-state index in [0.29, 0.717) is 35.7 Å². The molecule has 2 saturated heterocycles. The van der Waals surface area contributed by atoms with Crippen molar-refractivity contribution in [1.29, 1.82) is 0 Å². The Bertz CT molecular complexity index is 742. The van der Waals surface area contributed by atoms with Crippen LogP contribution in [0.15, 0.2) is 12.4 Å². The van der Waals surface area contributed by atoms with Crippen molar-refractivity contribution in [3.63, 3.8) is 0 Å². The van der Waals surface area contributed by atoms with Crippen molar-refractivity contribution in [2.24, 2.45) is 17.8 Å². The Kier molecular flexibility index (Phi) is 7.51. The molecule has 1 aliphatic carbocycles. The predicted molar refractivity (Wildman–Crippen MR) is 130 cm³/mol. The lowest BCUT2D eigenvalue weighted by Gasteiger charge is -2.42. The topological polar surface area (TPSA) is 52.6 Å². The SMILES string of the molecule is CC(C)C(=O)[C@H]1CC[C@@H](CN(C)Cc2cnc(N3C4CCC3CN(C(C)C)C4)nc2)CC1. The van der Waals surface area contributed by atoms with E-state index >= 15 is 0 Å². The van der Waals surface area contributed by atoms with Gasteiger partial charge in [-0.25, -0.2) is 9.97 Å². The lowest BCUT2D eigenvalue weighted by atomic mass is 9.77. The number of anilines is 1. The van der Waals surface area contributed by atoms with Gasteiger partial charge in [-0.1, -0.05) is 13.8 Å². The summed E-state index contributed by atoms with van der Waals surface area (Å²) in [6, 6.07) is 1.73. The second kappa shape index (κ2) is 10.2. The fraction of sp³-hybridized carbons (Fsp3) is 0.808. The van der Waals surface area contributed by atoms with Crippen LogP contribution in [0, 0.1) is 17.8 Å². The van der Waals surface area contributed by atoms with E-state index in [0.717, 1.165) is 45.0 Å². The van der Waals surface area contributed by atoms with Crippen molar-refractivity contribution in [2.75, 3.05) is 31.6 Å². The van der Waals surface area contributed by atoms with Gasteiger partial charge < -0.3 is 9.80 Å². The van der Waals surface area contributed by atoms with Gasteiger partial charge in [-0.05, 0) is 65.3 Å². The molecule has 3 heterocycles. The zero-order valence-corrected chi connectivity index (χ0v) is 20.8. The number of carbonyl (C=O) groups excluding carboxylic acids is 1. The number of piperazine rings is 1. The molecule has 2 unspecified atom stereocenters. The Hall–Kier alpha value is -1.53. The smallest absolute Gasteiger partial charge is 0.225 e. The maximum absolute atomic E-state index is 12.3. The molecule has 3 aliphatic rings. The predicted octanol–water partition coefficient (Wildman–Crippen LogP) is 4.00. The molecule has 0 amide bonds. The van der Waals surface area contributed by atoms with E-state index in [1.807, 2.05) is 26.2 Å². The average molecular weight is 442 g/mol.